The number of rotatable bonds is 4. The van der Waals surface area contributed by atoms with E-state index in [0.29, 0.717) is 0 Å². The minimum atomic E-state index is 0.725. The minimum Gasteiger partial charge on any atom is -0.362 e. The molecule has 0 aliphatic rings. The Morgan fingerprint density at radius 2 is 2.20 bits per heavy atom. The molecule has 0 atom stereocenters. The summed E-state index contributed by atoms with van der Waals surface area (Å²) < 4.78 is 3.09. The predicted octanol–water partition coefficient (Wildman–Crippen LogP) is 3.38. The second-order valence-corrected chi connectivity index (χ2v) is 5.90. The first kappa shape index (κ1) is 15.3. The van der Waals surface area contributed by atoms with Gasteiger partial charge in [-0.15, -0.1) is 0 Å². The number of nitrogens with zero attached hydrogens (tertiary/aromatic N) is 3. The summed E-state index contributed by atoms with van der Waals surface area (Å²) in [6, 6.07) is 4.00. The number of imidazole rings is 1. The summed E-state index contributed by atoms with van der Waals surface area (Å²) in [6.45, 7) is 5.11. The van der Waals surface area contributed by atoms with E-state index in [-0.39, 0.29) is 0 Å². The summed E-state index contributed by atoms with van der Waals surface area (Å²) in [5, 5.41) is 3.98. The standard InChI is InChI=1S/C14H19BrN4S/c1-4-8-16-14(20)18(3)13-11(5-2)17-12-7-6-10(15)9-19(12)13/h6-7,9H,4-5,8H2,1-3H3,(H,16,20). The molecular weight excluding hydrogens is 336 g/mol. The van der Waals surface area contributed by atoms with Gasteiger partial charge in [-0.2, -0.15) is 0 Å². The first-order chi connectivity index (χ1) is 9.58. The summed E-state index contributed by atoms with van der Waals surface area (Å²) in [4.78, 5) is 6.67. The van der Waals surface area contributed by atoms with Crippen molar-refractivity contribution in [2.75, 3.05) is 18.5 Å². The summed E-state index contributed by atoms with van der Waals surface area (Å²) in [5.74, 6) is 1.03. The molecule has 0 radical (unpaired) electrons. The lowest BCUT2D eigenvalue weighted by molar-refractivity contribution is 0.834. The van der Waals surface area contributed by atoms with Crippen molar-refractivity contribution in [3.63, 3.8) is 0 Å². The van der Waals surface area contributed by atoms with Gasteiger partial charge in [0.25, 0.3) is 0 Å². The number of aromatic nitrogens is 2. The van der Waals surface area contributed by atoms with Gasteiger partial charge in [-0.1, -0.05) is 13.8 Å². The molecule has 0 aromatic carbocycles. The van der Waals surface area contributed by atoms with Gasteiger partial charge in [0.05, 0.1) is 5.69 Å². The van der Waals surface area contributed by atoms with E-state index in [1.54, 1.807) is 0 Å². The van der Waals surface area contributed by atoms with Gasteiger partial charge in [-0.3, -0.25) is 4.40 Å². The van der Waals surface area contributed by atoms with E-state index in [9.17, 15) is 0 Å². The molecule has 6 heteroatoms. The number of fused-ring (bicyclic) bond motifs is 1. The molecule has 2 rings (SSSR count). The zero-order valence-corrected chi connectivity index (χ0v) is 14.4. The third-order valence-corrected chi connectivity index (χ3v) is 4.00. The van der Waals surface area contributed by atoms with Crippen molar-refractivity contribution in [1.29, 1.82) is 0 Å². The normalized spacial score (nSPS) is 10.8. The fraction of sp³-hybridized carbons (Fsp3) is 0.429. The van der Waals surface area contributed by atoms with E-state index in [1.165, 1.54) is 0 Å². The molecule has 0 bridgehead atoms. The van der Waals surface area contributed by atoms with Crippen LogP contribution in [-0.4, -0.2) is 28.1 Å². The van der Waals surface area contributed by atoms with Crippen molar-refractivity contribution in [3.8, 4) is 0 Å². The van der Waals surface area contributed by atoms with E-state index in [2.05, 4.69) is 44.5 Å². The number of thiocarbonyl (C=S) groups is 1. The molecule has 2 aromatic heterocycles. The van der Waals surface area contributed by atoms with Crippen LogP contribution in [-0.2, 0) is 6.42 Å². The van der Waals surface area contributed by atoms with Crippen LogP contribution in [0.25, 0.3) is 5.65 Å². The maximum atomic E-state index is 5.46. The number of nitrogens with one attached hydrogen (secondary N) is 1. The van der Waals surface area contributed by atoms with Crippen LogP contribution in [0, 0.1) is 0 Å². The molecule has 2 aromatic rings. The molecule has 0 aliphatic heterocycles. The monoisotopic (exact) mass is 354 g/mol. The van der Waals surface area contributed by atoms with Crippen LogP contribution in [0.2, 0.25) is 0 Å². The number of pyridine rings is 1. The lowest BCUT2D eigenvalue weighted by atomic mass is 10.3. The molecule has 108 valence electrons. The van der Waals surface area contributed by atoms with E-state index in [0.717, 1.165) is 46.1 Å². The van der Waals surface area contributed by atoms with Gasteiger partial charge in [0.15, 0.2) is 5.11 Å². The van der Waals surface area contributed by atoms with Crippen molar-refractivity contribution >= 4 is 44.7 Å². The van der Waals surface area contributed by atoms with E-state index in [1.807, 2.05) is 30.3 Å². The Labute approximate surface area is 133 Å². The molecule has 20 heavy (non-hydrogen) atoms. The number of hydrogen-bond donors (Lipinski definition) is 1. The molecule has 1 N–H and O–H groups in total. The highest BCUT2D eigenvalue weighted by Gasteiger charge is 2.17. The van der Waals surface area contributed by atoms with Crippen LogP contribution in [0.15, 0.2) is 22.8 Å². The lowest BCUT2D eigenvalue weighted by Crippen LogP contribution is -2.38. The van der Waals surface area contributed by atoms with Crippen LogP contribution >= 0.6 is 28.1 Å². The Morgan fingerprint density at radius 1 is 1.45 bits per heavy atom. The number of hydrogen-bond acceptors (Lipinski definition) is 2. The van der Waals surface area contributed by atoms with Crippen molar-refractivity contribution in [2.45, 2.75) is 26.7 Å². The van der Waals surface area contributed by atoms with Gasteiger partial charge < -0.3 is 10.2 Å². The Morgan fingerprint density at radius 3 is 2.85 bits per heavy atom. The quantitative estimate of drug-likeness (QED) is 0.853. The maximum absolute atomic E-state index is 5.46. The van der Waals surface area contributed by atoms with Crippen LogP contribution in [0.5, 0.6) is 0 Å². The molecule has 0 unspecified atom stereocenters. The largest absolute Gasteiger partial charge is 0.362 e. The van der Waals surface area contributed by atoms with Gasteiger partial charge in [0.2, 0.25) is 0 Å². The lowest BCUT2D eigenvalue weighted by Gasteiger charge is -2.21. The Bertz CT molecular complexity index is 623. The van der Waals surface area contributed by atoms with E-state index >= 15 is 0 Å². The summed E-state index contributed by atoms with van der Waals surface area (Å²) in [7, 11) is 1.98. The molecule has 0 amide bonds. The SMILES string of the molecule is CCCNC(=S)N(C)c1c(CC)nc2ccc(Br)cn12. The Hall–Kier alpha value is -1.14. The highest BCUT2D eigenvalue weighted by atomic mass is 79.9. The van der Waals surface area contributed by atoms with E-state index < -0.39 is 0 Å². The fourth-order valence-corrected chi connectivity index (χ4v) is 2.62. The molecule has 0 saturated carbocycles. The van der Waals surface area contributed by atoms with Crippen LogP contribution in [0.3, 0.4) is 0 Å². The highest BCUT2D eigenvalue weighted by Crippen LogP contribution is 2.24. The Balaban J connectivity index is 2.45. The van der Waals surface area contributed by atoms with Crippen molar-refractivity contribution in [2.24, 2.45) is 0 Å². The molecule has 0 spiro atoms. The maximum Gasteiger partial charge on any atom is 0.174 e. The average Bonchev–Trinajstić information content (AvgIpc) is 2.81. The third-order valence-electron chi connectivity index (χ3n) is 3.11. The first-order valence-electron chi connectivity index (χ1n) is 6.76. The molecule has 0 fully saturated rings. The molecule has 0 saturated heterocycles. The fourth-order valence-electron chi connectivity index (χ4n) is 2.09. The smallest absolute Gasteiger partial charge is 0.174 e. The van der Waals surface area contributed by atoms with Gasteiger partial charge in [0.1, 0.15) is 11.5 Å². The second kappa shape index (κ2) is 6.54. The second-order valence-electron chi connectivity index (χ2n) is 4.60. The zero-order chi connectivity index (χ0) is 14.7. The van der Waals surface area contributed by atoms with Gasteiger partial charge in [-0.25, -0.2) is 4.98 Å². The zero-order valence-electron chi connectivity index (χ0n) is 12.0. The highest BCUT2D eigenvalue weighted by molar-refractivity contribution is 9.10. The number of anilines is 1. The van der Waals surface area contributed by atoms with E-state index in [4.69, 9.17) is 12.2 Å². The van der Waals surface area contributed by atoms with Crippen molar-refractivity contribution in [1.82, 2.24) is 14.7 Å². The predicted molar refractivity (Wildman–Crippen MR) is 91.6 cm³/mol. The molecule has 4 nitrogen and oxygen atoms in total. The molecular formula is C14H19BrN4S. The number of aryl methyl sites for hydroxylation is 1. The van der Waals surface area contributed by atoms with Gasteiger partial charge in [-0.05, 0) is 53.1 Å². The first-order valence-corrected chi connectivity index (χ1v) is 7.96. The Kier molecular flexibility index (Phi) is 4.99. The topological polar surface area (TPSA) is 32.6 Å². The van der Waals surface area contributed by atoms with Crippen molar-refractivity contribution in [3.05, 3.63) is 28.5 Å². The molecule has 0 aliphatic carbocycles. The summed E-state index contributed by atoms with van der Waals surface area (Å²) in [5.41, 5.74) is 1.98. The van der Waals surface area contributed by atoms with Gasteiger partial charge >= 0.3 is 0 Å². The summed E-state index contributed by atoms with van der Waals surface area (Å²) in [6.07, 6.45) is 3.94. The summed E-state index contributed by atoms with van der Waals surface area (Å²) >= 11 is 8.97. The van der Waals surface area contributed by atoms with Gasteiger partial charge in [0, 0.05) is 24.3 Å². The van der Waals surface area contributed by atoms with Crippen LogP contribution in [0.1, 0.15) is 26.0 Å². The third kappa shape index (κ3) is 2.96. The van der Waals surface area contributed by atoms with Crippen LogP contribution in [0.4, 0.5) is 5.82 Å². The average molecular weight is 355 g/mol. The van der Waals surface area contributed by atoms with Crippen molar-refractivity contribution < 1.29 is 0 Å². The minimum absolute atomic E-state index is 0.725. The molecule has 2 heterocycles. The number of halogens is 1. The van der Waals surface area contributed by atoms with Crippen LogP contribution < -0.4 is 10.2 Å².